The van der Waals surface area contributed by atoms with Crippen LogP contribution in [0.15, 0.2) is 24.3 Å². The third kappa shape index (κ3) is 3.96. The van der Waals surface area contributed by atoms with Crippen molar-refractivity contribution in [3.63, 3.8) is 0 Å². The zero-order valence-corrected chi connectivity index (χ0v) is 11.4. The first kappa shape index (κ1) is 13.9. The van der Waals surface area contributed by atoms with Gasteiger partial charge in [-0.05, 0) is 37.0 Å². The standard InChI is InChI=1S/C15H22N2O2/c1-2-12-5-7-14(8-6-12)17-9-3-4-13(11-17)16-10-15(18)19/h5-8,13,16H,2-4,9-11H2,1H3,(H,18,19). The van der Waals surface area contributed by atoms with Gasteiger partial charge in [0.2, 0.25) is 0 Å². The molecular formula is C15H22N2O2. The van der Waals surface area contributed by atoms with Gasteiger partial charge in [-0.1, -0.05) is 19.1 Å². The highest BCUT2D eigenvalue weighted by Crippen LogP contribution is 2.20. The maximum absolute atomic E-state index is 10.6. The molecule has 0 radical (unpaired) electrons. The molecule has 1 unspecified atom stereocenters. The summed E-state index contributed by atoms with van der Waals surface area (Å²) >= 11 is 0. The number of carboxylic acid groups (broad SMARTS) is 1. The number of piperidine rings is 1. The van der Waals surface area contributed by atoms with Gasteiger partial charge in [0.25, 0.3) is 0 Å². The van der Waals surface area contributed by atoms with Gasteiger partial charge < -0.3 is 15.3 Å². The highest BCUT2D eigenvalue weighted by Gasteiger charge is 2.20. The van der Waals surface area contributed by atoms with Crippen molar-refractivity contribution in [2.75, 3.05) is 24.5 Å². The zero-order chi connectivity index (χ0) is 13.7. The Hall–Kier alpha value is -1.55. The second-order valence-corrected chi connectivity index (χ2v) is 5.08. The van der Waals surface area contributed by atoms with E-state index in [1.54, 1.807) is 0 Å². The summed E-state index contributed by atoms with van der Waals surface area (Å²) in [7, 11) is 0. The van der Waals surface area contributed by atoms with Crippen molar-refractivity contribution in [2.45, 2.75) is 32.2 Å². The average molecular weight is 262 g/mol. The van der Waals surface area contributed by atoms with Gasteiger partial charge in [-0.3, -0.25) is 4.79 Å². The van der Waals surface area contributed by atoms with Gasteiger partial charge >= 0.3 is 5.97 Å². The van der Waals surface area contributed by atoms with Crippen LogP contribution >= 0.6 is 0 Å². The monoisotopic (exact) mass is 262 g/mol. The Bertz CT molecular complexity index is 417. The Morgan fingerprint density at radius 3 is 2.79 bits per heavy atom. The molecule has 1 aliphatic heterocycles. The Morgan fingerprint density at radius 2 is 2.16 bits per heavy atom. The molecule has 0 bridgehead atoms. The van der Waals surface area contributed by atoms with Gasteiger partial charge in [-0.2, -0.15) is 0 Å². The Balaban J connectivity index is 1.94. The molecule has 0 aliphatic carbocycles. The summed E-state index contributed by atoms with van der Waals surface area (Å²) < 4.78 is 0. The van der Waals surface area contributed by atoms with Crippen LogP contribution in [0.4, 0.5) is 5.69 Å². The molecular weight excluding hydrogens is 240 g/mol. The van der Waals surface area contributed by atoms with Gasteiger partial charge in [-0.15, -0.1) is 0 Å². The Labute approximate surface area is 114 Å². The summed E-state index contributed by atoms with van der Waals surface area (Å²) in [5, 5.41) is 11.8. The first-order valence-corrected chi connectivity index (χ1v) is 6.98. The summed E-state index contributed by atoms with van der Waals surface area (Å²) in [6.45, 7) is 4.14. The van der Waals surface area contributed by atoms with Gasteiger partial charge in [0.15, 0.2) is 0 Å². The van der Waals surface area contributed by atoms with Crippen molar-refractivity contribution in [2.24, 2.45) is 0 Å². The second-order valence-electron chi connectivity index (χ2n) is 5.08. The van der Waals surface area contributed by atoms with Crippen molar-refractivity contribution >= 4 is 11.7 Å². The molecule has 0 amide bonds. The zero-order valence-electron chi connectivity index (χ0n) is 11.4. The van der Waals surface area contributed by atoms with Gasteiger partial charge in [0.1, 0.15) is 0 Å². The molecule has 1 saturated heterocycles. The maximum Gasteiger partial charge on any atom is 0.317 e. The normalized spacial score (nSPS) is 19.4. The third-order valence-corrected chi connectivity index (χ3v) is 3.67. The fourth-order valence-electron chi connectivity index (χ4n) is 2.55. The number of hydrogen-bond donors (Lipinski definition) is 2. The van der Waals surface area contributed by atoms with Crippen molar-refractivity contribution < 1.29 is 9.90 Å². The predicted molar refractivity (Wildman–Crippen MR) is 76.7 cm³/mol. The number of benzene rings is 1. The van der Waals surface area contributed by atoms with E-state index < -0.39 is 5.97 Å². The van der Waals surface area contributed by atoms with Crippen LogP contribution in [-0.2, 0) is 11.2 Å². The molecule has 2 rings (SSSR count). The molecule has 2 N–H and O–H groups in total. The number of anilines is 1. The minimum Gasteiger partial charge on any atom is -0.480 e. The van der Waals surface area contributed by atoms with E-state index in [1.807, 2.05) is 0 Å². The van der Waals surface area contributed by atoms with E-state index in [1.165, 1.54) is 11.3 Å². The van der Waals surface area contributed by atoms with Gasteiger partial charge in [-0.25, -0.2) is 0 Å². The number of hydrogen-bond acceptors (Lipinski definition) is 3. The van der Waals surface area contributed by atoms with Crippen molar-refractivity contribution in [3.05, 3.63) is 29.8 Å². The van der Waals surface area contributed by atoms with Crippen LogP contribution in [-0.4, -0.2) is 36.8 Å². The van der Waals surface area contributed by atoms with E-state index in [-0.39, 0.29) is 12.6 Å². The Morgan fingerprint density at radius 1 is 1.42 bits per heavy atom. The summed E-state index contributed by atoms with van der Waals surface area (Å²) in [6.07, 6.45) is 3.21. The van der Waals surface area contributed by atoms with Crippen LogP contribution in [0.25, 0.3) is 0 Å². The van der Waals surface area contributed by atoms with Crippen LogP contribution < -0.4 is 10.2 Å². The molecule has 1 aliphatic rings. The predicted octanol–water partition coefficient (Wildman–Crippen LogP) is 1.89. The topological polar surface area (TPSA) is 52.6 Å². The minimum absolute atomic E-state index is 0.0489. The fraction of sp³-hybridized carbons (Fsp3) is 0.533. The number of carboxylic acids is 1. The quantitative estimate of drug-likeness (QED) is 0.851. The first-order chi connectivity index (χ1) is 9.19. The number of carbonyl (C=O) groups is 1. The summed E-state index contributed by atoms with van der Waals surface area (Å²) in [4.78, 5) is 12.9. The molecule has 19 heavy (non-hydrogen) atoms. The number of aliphatic carboxylic acids is 1. The molecule has 104 valence electrons. The molecule has 1 aromatic rings. The van der Waals surface area contributed by atoms with Crippen LogP contribution in [0.5, 0.6) is 0 Å². The lowest BCUT2D eigenvalue weighted by atomic mass is 10.0. The van der Waals surface area contributed by atoms with Crippen LogP contribution in [0.1, 0.15) is 25.3 Å². The van der Waals surface area contributed by atoms with Crippen molar-refractivity contribution in [1.29, 1.82) is 0 Å². The summed E-state index contributed by atoms with van der Waals surface area (Å²) in [6, 6.07) is 8.94. The van der Waals surface area contributed by atoms with E-state index in [0.29, 0.717) is 0 Å². The van der Waals surface area contributed by atoms with Gasteiger partial charge in [0, 0.05) is 24.8 Å². The molecule has 0 aromatic heterocycles. The SMILES string of the molecule is CCc1ccc(N2CCCC(NCC(=O)O)C2)cc1. The van der Waals surface area contributed by atoms with E-state index >= 15 is 0 Å². The molecule has 4 nitrogen and oxygen atoms in total. The van der Waals surface area contributed by atoms with Crippen molar-refractivity contribution in [3.8, 4) is 0 Å². The average Bonchev–Trinajstić information content (AvgIpc) is 2.45. The lowest BCUT2D eigenvalue weighted by Gasteiger charge is -2.34. The summed E-state index contributed by atoms with van der Waals surface area (Å²) in [5.74, 6) is -0.788. The second kappa shape index (κ2) is 6.57. The fourth-order valence-corrected chi connectivity index (χ4v) is 2.55. The number of rotatable bonds is 5. The Kier molecular flexibility index (Phi) is 4.80. The smallest absolute Gasteiger partial charge is 0.317 e. The number of aryl methyl sites for hydroxylation is 1. The lowest BCUT2D eigenvalue weighted by Crippen LogP contribution is -2.47. The van der Waals surface area contributed by atoms with Gasteiger partial charge in [0.05, 0.1) is 6.54 Å². The summed E-state index contributed by atoms with van der Waals surface area (Å²) in [5.41, 5.74) is 2.58. The first-order valence-electron chi connectivity index (χ1n) is 6.98. The molecule has 4 heteroatoms. The molecule has 1 atom stereocenters. The molecule has 0 spiro atoms. The number of nitrogens with one attached hydrogen (secondary N) is 1. The van der Waals surface area contributed by atoms with Crippen LogP contribution in [0, 0.1) is 0 Å². The van der Waals surface area contributed by atoms with Crippen molar-refractivity contribution in [1.82, 2.24) is 5.32 Å². The molecule has 1 fully saturated rings. The highest BCUT2D eigenvalue weighted by molar-refractivity contribution is 5.69. The maximum atomic E-state index is 10.6. The lowest BCUT2D eigenvalue weighted by molar-refractivity contribution is -0.136. The van der Waals surface area contributed by atoms with E-state index in [4.69, 9.17) is 5.11 Å². The van der Waals surface area contributed by atoms with E-state index in [0.717, 1.165) is 32.4 Å². The van der Waals surface area contributed by atoms with Crippen LogP contribution in [0.3, 0.4) is 0 Å². The van der Waals surface area contributed by atoms with E-state index in [9.17, 15) is 4.79 Å². The third-order valence-electron chi connectivity index (χ3n) is 3.67. The molecule has 0 saturated carbocycles. The van der Waals surface area contributed by atoms with E-state index in [2.05, 4.69) is 41.4 Å². The largest absolute Gasteiger partial charge is 0.480 e. The molecule has 1 aromatic carbocycles. The minimum atomic E-state index is -0.788. The highest BCUT2D eigenvalue weighted by atomic mass is 16.4. The molecule has 1 heterocycles. The number of nitrogens with zero attached hydrogens (tertiary/aromatic N) is 1. The van der Waals surface area contributed by atoms with Crippen LogP contribution in [0.2, 0.25) is 0 Å².